The molecule has 0 aliphatic heterocycles. The Morgan fingerprint density at radius 3 is 2.85 bits per heavy atom. The van der Waals surface area contributed by atoms with E-state index in [1.165, 1.54) is 0 Å². The molecule has 1 aromatic heterocycles. The van der Waals surface area contributed by atoms with Gasteiger partial charge in [0.25, 0.3) is 0 Å². The van der Waals surface area contributed by atoms with Gasteiger partial charge < -0.3 is 10.1 Å². The molecule has 0 atom stereocenters. The summed E-state index contributed by atoms with van der Waals surface area (Å²) in [6.07, 6.45) is 3.73. The number of hydrogen-bond donors (Lipinski definition) is 1. The SMILES string of the molecule is CNCCCc1nccc(-c2ccc(OC)c(Br)c2)n1. The molecule has 106 valence electrons. The van der Waals surface area contributed by atoms with E-state index in [1.54, 1.807) is 7.11 Å². The quantitative estimate of drug-likeness (QED) is 0.824. The molecule has 1 heterocycles. The summed E-state index contributed by atoms with van der Waals surface area (Å²) in [7, 11) is 3.61. The molecular weight excluding hydrogens is 318 g/mol. The summed E-state index contributed by atoms with van der Waals surface area (Å²) in [5, 5.41) is 3.13. The first-order valence-corrected chi connectivity index (χ1v) is 7.34. The minimum absolute atomic E-state index is 0.817. The second-order valence-electron chi connectivity index (χ2n) is 4.41. The standard InChI is InChI=1S/C15H18BrN3O/c1-17-8-3-4-15-18-9-7-13(19-15)11-5-6-14(20-2)12(16)10-11/h5-7,9-10,17H,3-4,8H2,1-2H3. The van der Waals surface area contributed by atoms with Gasteiger partial charge in [0.1, 0.15) is 11.6 Å². The van der Waals surface area contributed by atoms with Crippen molar-refractivity contribution >= 4 is 15.9 Å². The monoisotopic (exact) mass is 335 g/mol. The summed E-state index contributed by atoms with van der Waals surface area (Å²) in [4.78, 5) is 8.93. The van der Waals surface area contributed by atoms with Crippen molar-refractivity contribution in [2.24, 2.45) is 0 Å². The van der Waals surface area contributed by atoms with E-state index < -0.39 is 0 Å². The van der Waals surface area contributed by atoms with Crippen molar-refractivity contribution in [3.63, 3.8) is 0 Å². The van der Waals surface area contributed by atoms with Gasteiger partial charge in [-0.2, -0.15) is 0 Å². The van der Waals surface area contributed by atoms with Crippen LogP contribution >= 0.6 is 15.9 Å². The fraction of sp³-hybridized carbons (Fsp3) is 0.333. The fourth-order valence-corrected chi connectivity index (χ4v) is 2.47. The second kappa shape index (κ2) is 7.36. The highest BCUT2D eigenvalue weighted by Gasteiger charge is 2.06. The normalized spacial score (nSPS) is 10.6. The Hall–Kier alpha value is -1.46. The number of halogens is 1. The Kier molecular flexibility index (Phi) is 5.49. The molecule has 0 saturated carbocycles. The molecule has 0 aliphatic carbocycles. The first-order chi connectivity index (χ1) is 9.74. The number of nitrogens with one attached hydrogen (secondary N) is 1. The van der Waals surface area contributed by atoms with Crippen LogP contribution in [0, 0.1) is 0 Å². The number of aryl methyl sites for hydroxylation is 1. The first-order valence-electron chi connectivity index (χ1n) is 6.55. The molecule has 0 saturated heterocycles. The highest BCUT2D eigenvalue weighted by atomic mass is 79.9. The Bertz CT molecular complexity index is 575. The Labute approximate surface area is 127 Å². The van der Waals surface area contributed by atoms with E-state index in [-0.39, 0.29) is 0 Å². The average molecular weight is 336 g/mol. The van der Waals surface area contributed by atoms with Crippen molar-refractivity contribution in [1.29, 1.82) is 0 Å². The van der Waals surface area contributed by atoms with Crippen LogP contribution in [0.25, 0.3) is 11.3 Å². The molecule has 0 amide bonds. The van der Waals surface area contributed by atoms with Crippen LogP contribution in [0.5, 0.6) is 5.75 Å². The van der Waals surface area contributed by atoms with Crippen molar-refractivity contribution < 1.29 is 4.74 Å². The number of benzene rings is 1. The zero-order valence-electron chi connectivity index (χ0n) is 11.7. The van der Waals surface area contributed by atoms with Gasteiger partial charge >= 0.3 is 0 Å². The summed E-state index contributed by atoms with van der Waals surface area (Å²) in [6.45, 7) is 0.974. The minimum Gasteiger partial charge on any atom is -0.496 e. The Balaban J connectivity index is 2.19. The minimum atomic E-state index is 0.817. The predicted molar refractivity (Wildman–Crippen MR) is 84.0 cm³/mol. The van der Waals surface area contributed by atoms with Crippen LogP contribution in [0.3, 0.4) is 0 Å². The topological polar surface area (TPSA) is 47.0 Å². The van der Waals surface area contributed by atoms with Gasteiger partial charge in [0.05, 0.1) is 17.3 Å². The Morgan fingerprint density at radius 2 is 2.15 bits per heavy atom. The van der Waals surface area contributed by atoms with E-state index in [0.717, 1.165) is 46.7 Å². The lowest BCUT2D eigenvalue weighted by Crippen LogP contribution is -2.09. The van der Waals surface area contributed by atoms with Crippen LogP contribution in [0.2, 0.25) is 0 Å². The maximum Gasteiger partial charge on any atom is 0.133 e. The molecule has 20 heavy (non-hydrogen) atoms. The van der Waals surface area contributed by atoms with Crippen LogP contribution < -0.4 is 10.1 Å². The van der Waals surface area contributed by atoms with Crippen molar-refractivity contribution in [2.75, 3.05) is 20.7 Å². The molecule has 0 unspecified atom stereocenters. The summed E-state index contributed by atoms with van der Waals surface area (Å²) in [6, 6.07) is 7.87. The summed E-state index contributed by atoms with van der Waals surface area (Å²) < 4.78 is 6.16. The number of hydrogen-bond acceptors (Lipinski definition) is 4. The van der Waals surface area contributed by atoms with Crippen LogP contribution in [-0.4, -0.2) is 30.7 Å². The lowest BCUT2D eigenvalue weighted by atomic mass is 10.1. The van der Waals surface area contributed by atoms with Gasteiger partial charge in [0.15, 0.2) is 0 Å². The van der Waals surface area contributed by atoms with Crippen molar-refractivity contribution in [1.82, 2.24) is 15.3 Å². The summed E-state index contributed by atoms with van der Waals surface area (Å²) in [5.74, 6) is 1.70. The number of rotatable bonds is 6. The van der Waals surface area contributed by atoms with Gasteiger partial charge in [0, 0.05) is 18.2 Å². The van der Waals surface area contributed by atoms with Crippen LogP contribution in [0.4, 0.5) is 0 Å². The van der Waals surface area contributed by atoms with Gasteiger partial charge in [-0.25, -0.2) is 9.97 Å². The van der Waals surface area contributed by atoms with Gasteiger partial charge in [-0.05, 0) is 60.2 Å². The average Bonchev–Trinajstić information content (AvgIpc) is 2.48. The van der Waals surface area contributed by atoms with Crippen LogP contribution in [-0.2, 0) is 6.42 Å². The highest BCUT2D eigenvalue weighted by Crippen LogP contribution is 2.29. The number of ether oxygens (including phenoxy) is 1. The molecular formula is C15H18BrN3O. The van der Waals surface area contributed by atoms with E-state index in [1.807, 2.05) is 37.5 Å². The van der Waals surface area contributed by atoms with Crippen molar-refractivity contribution in [3.05, 3.63) is 40.8 Å². The molecule has 0 bridgehead atoms. The van der Waals surface area contributed by atoms with Crippen molar-refractivity contribution in [2.45, 2.75) is 12.8 Å². The van der Waals surface area contributed by atoms with Gasteiger partial charge in [-0.1, -0.05) is 0 Å². The molecule has 4 nitrogen and oxygen atoms in total. The highest BCUT2D eigenvalue weighted by molar-refractivity contribution is 9.10. The fourth-order valence-electron chi connectivity index (χ4n) is 1.93. The third-order valence-electron chi connectivity index (χ3n) is 2.98. The zero-order valence-corrected chi connectivity index (χ0v) is 13.3. The van der Waals surface area contributed by atoms with E-state index in [0.29, 0.717) is 0 Å². The van der Waals surface area contributed by atoms with Crippen molar-refractivity contribution in [3.8, 4) is 17.0 Å². The predicted octanol–water partition coefficient (Wildman–Crippen LogP) is 3.07. The van der Waals surface area contributed by atoms with Gasteiger partial charge in [-0.3, -0.25) is 0 Å². The van der Waals surface area contributed by atoms with E-state index in [2.05, 4.69) is 31.2 Å². The molecule has 0 radical (unpaired) electrons. The number of methoxy groups -OCH3 is 1. The molecule has 1 N–H and O–H groups in total. The molecule has 0 fully saturated rings. The third-order valence-corrected chi connectivity index (χ3v) is 3.60. The van der Waals surface area contributed by atoms with Gasteiger partial charge in [0.2, 0.25) is 0 Å². The van der Waals surface area contributed by atoms with Crippen LogP contribution in [0.15, 0.2) is 34.9 Å². The van der Waals surface area contributed by atoms with E-state index >= 15 is 0 Å². The van der Waals surface area contributed by atoms with E-state index in [9.17, 15) is 0 Å². The van der Waals surface area contributed by atoms with E-state index in [4.69, 9.17) is 4.74 Å². The van der Waals surface area contributed by atoms with Crippen LogP contribution in [0.1, 0.15) is 12.2 Å². The molecule has 0 spiro atoms. The smallest absolute Gasteiger partial charge is 0.133 e. The molecule has 5 heteroatoms. The number of aromatic nitrogens is 2. The largest absolute Gasteiger partial charge is 0.496 e. The lowest BCUT2D eigenvalue weighted by molar-refractivity contribution is 0.412. The summed E-state index contributed by atoms with van der Waals surface area (Å²) in [5.41, 5.74) is 1.98. The Morgan fingerprint density at radius 1 is 1.30 bits per heavy atom. The van der Waals surface area contributed by atoms with Gasteiger partial charge in [-0.15, -0.1) is 0 Å². The molecule has 1 aromatic carbocycles. The lowest BCUT2D eigenvalue weighted by Gasteiger charge is -2.07. The molecule has 0 aliphatic rings. The first kappa shape index (κ1) is 14.9. The molecule has 2 aromatic rings. The summed E-state index contributed by atoms with van der Waals surface area (Å²) >= 11 is 3.50. The molecule has 2 rings (SSSR count). The second-order valence-corrected chi connectivity index (χ2v) is 5.27. The maximum atomic E-state index is 5.24. The zero-order chi connectivity index (χ0) is 14.4. The number of nitrogens with zero attached hydrogens (tertiary/aromatic N) is 2. The maximum absolute atomic E-state index is 5.24. The third kappa shape index (κ3) is 3.77.